The normalized spacial score (nSPS) is 11.3. The Kier molecular flexibility index (Phi) is 11.2. The Labute approximate surface area is 149 Å². The molecule has 0 aliphatic carbocycles. The number of halogens is 2. The maximum atomic E-state index is 13.5. The van der Waals surface area contributed by atoms with Crippen LogP contribution >= 0.6 is 24.0 Å². The molecular formula is C16H27FIN3O. The second kappa shape index (κ2) is 11.6. The topological polar surface area (TPSA) is 45.7 Å². The van der Waals surface area contributed by atoms with Gasteiger partial charge in [0.15, 0.2) is 5.96 Å². The summed E-state index contributed by atoms with van der Waals surface area (Å²) in [4.78, 5) is 4.17. The zero-order valence-corrected chi connectivity index (χ0v) is 16.1. The largest absolute Gasteiger partial charge is 0.380 e. The number of aliphatic imine (C=N–C) groups is 1. The molecule has 0 saturated carbocycles. The van der Waals surface area contributed by atoms with E-state index in [1.165, 1.54) is 6.07 Å². The van der Waals surface area contributed by atoms with Crippen LogP contribution in [0.2, 0.25) is 0 Å². The number of hydrogen-bond donors (Lipinski definition) is 2. The van der Waals surface area contributed by atoms with E-state index in [0.29, 0.717) is 18.0 Å². The van der Waals surface area contributed by atoms with E-state index in [9.17, 15) is 4.39 Å². The molecule has 1 rings (SSSR count). The van der Waals surface area contributed by atoms with Crippen LogP contribution in [0.3, 0.4) is 0 Å². The molecule has 0 aliphatic rings. The fourth-order valence-electron chi connectivity index (χ4n) is 1.89. The highest BCUT2D eigenvalue weighted by Gasteiger charge is 2.04. The maximum Gasteiger partial charge on any atom is 0.191 e. The van der Waals surface area contributed by atoms with Gasteiger partial charge in [-0.3, -0.25) is 4.99 Å². The molecule has 0 spiro atoms. The van der Waals surface area contributed by atoms with Gasteiger partial charge in [-0.15, -0.1) is 24.0 Å². The summed E-state index contributed by atoms with van der Waals surface area (Å²) in [5.74, 6) is 1.18. The van der Waals surface area contributed by atoms with Gasteiger partial charge in [-0.2, -0.15) is 0 Å². The first kappa shape index (κ1) is 21.1. The van der Waals surface area contributed by atoms with Crippen molar-refractivity contribution in [3.8, 4) is 0 Å². The quantitative estimate of drug-likeness (QED) is 0.402. The number of guanidine groups is 1. The lowest BCUT2D eigenvalue weighted by molar-refractivity contribution is 0.181. The molecule has 0 saturated heterocycles. The summed E-state index contributed by atoms with van der Waals surface area (Å²) in [5, 5.41) is 6.49. The van der Waals surface area contributed by atoms with Crippen LogP contribution in [-0.4, -0.2) is 26.7 Å². The number of ether oxygens (including phenoxy) is 1. The monoisotopic (exact) mass is 423 g/mol. The van der Waals surface area contributed by atoms with Crippen LogP contribution in [0, 0.1) is 11.7 Å². The van der Waals surface area contributed by atoms with E-state index in [4.69, 9.17) is 4.74 Å². The van der Waals surface area contributed by atoms with Gasteiger partial charge in [0, 0.05) is 32.8 Å². The van der Waals surface area contributed by atoms with Crippen LogP contribution in [0.25, 0.3) is 0 Å². The molecule has 1 aromatic rings. The Morgan fingerprint density at radius 2 is 2.05 bits per heavy atom. The number of nitrogens with one attached hydrogen (secondary N) is 2. The van der Waals surface area contributed by atoms with Crippen molar-refractivity contribution in [3.63, 3.8) is 0 Å². The first-order valence-electron chi connectivity index (χ1n) is 7.27. The van der Waals surface area contributed by atoms with Gasteiger partial charge < -0.3 is 15.4 Å². The van der Waals surface area contributed by atoms with Crippen molar-refractivity contribution in [2.24, 2.45) is 10.9 Å². The molecule has 0 fully saturated rings. The summed E-state index contributed by atoms with van der Waals surface area (Å²) in [6, 6.07) is 5.05. The van der Waals surface area contributed by atoms with Crippen LogP contribution in [0.5, 0.6) is 0 Å². The highest BCUT2D eigenvalue weighted by Crippen LogP contribution is 2.11. The zero-order valence-electron chi connectivity index (χ0n) is 13.8. The van der Waals surface area contributed by atoms with Gasteiger partial charge in [0.25, 0.3) is 0 Å². The summed E-state index contributed by atoms with van der Waals surface area (Å²) < 4.78 is 18.5. The molecule has 0 atom stereocenters. The van der Waals surface area contributed by atoms with Crippen molar-refractivity contribution in [1.29, 1.82) is 0 Å². The van der Waals surface area contributed by atoms with E-state index in [1.807, 2.05) is 6.07 Å². The molecule has 0 heterocycles. The lowest BCUT2D eigenvalue weighted by atomic mass is 10.1. The SMILES string of the molecule is CN=C(NCCC(C)C)NCc1ccc(F)c(COC)c1.I. The van der Waals surface area contributed by atoms with Gasteiger partial charge in [0.05, 0.1) is 6.61 Å². The fraction of sp³-hybridized carbons (Fsp3) is 0.562. The number of hydrogen-bond acceptors (Lipinski definition) is 2. The molecule has 0 aliphatic heterocycles. The summed E-state index contributed by atoms with van der Waals surface area (Å²) in [6.45, 7) is 6.14. The molecule has 2 N–H and O–H groups in total. The molecule has 1 aromatic carbocycles. The van der Waals surface area contributed by atoms with E-state index >= 15 is 0 Å². The van der Waals surface area contributed by atoms with Crippen molar-refractivity contribution in [2.45, 2.75) is 33.4 Å². The zero-order chi connectivity index (χ0) is 15.7. The van der Waals surface area contributed by atoms with Gasteiger partial charge in [-0.1, -0.05) is 19.9 Å². The third kappa shape index (κ3) is 7.93. The van der Waals surface area contributed by atoms with Crippen molar-refractivity contribution >= 4 is 29.9 Å². The van der Waals surface area contributed by atoms with Gasteiger partial charge in [0.1, 0.15) is 5.82 Å². The van der Waals surface area contributed by atoms with Gasteiger partial charge >= 0.3 is 0 Å². The molecule has 6 heteroatoms. The van der Waals surface area contributed by atoms with E-state index in [0.717, 1.165) is 24.5 Å². The van der Waals surface area contributed by atoms with E-state index in [2.05, 4.69) is 29.5 Å². The second-order valence-electron chi connectivity index (χ2n) is 5.39. The first-order chi connectivity index (χ1) is 10.1. The van der Waals surface area contributed by atoms with Crippen LogP contribution in [0.15, 0.2) is 23.2 Å². The van der Waals surface area contributed by atoms with Crippen LogP contribution in [0.4, 0.5) is 4.39 Å². The molecule has 0 radical (unpaired) electrons. The van der Waals surface area contributed by atoms with Crippen LogP contribution < -0.4 is 10.6 Å². The molecule has 0 bridgehead atoms. The van der Waals surface area contributed by atoms with Crippen molar-refractivity contribution in [1.82, 2.24) is 10.6 Å². The predicted molar refractivity (Wildman–Crippen MR) is 100 cm³/mol. The summed E-state index contributed by atoms with van der Waals surface area (Å²) >= 11 is 0. The standard InChI is InChI=1S/C16H26FN3O.HI/c1-12(2)7-8-19-16(18-3)20-10-13-5-6-15(17)14(9-13)11-21-4;/h5-6,9,12H,7-8,10-11H2,1-4H3,(H2,18,19,20);1H. The van der Waals surface area contributed by atoms with E-state index in [-0.39, 0.29) is 36.4 Å². The molecule has 0 aromatic heterocycles. The van der Waals surface area contributed by atoms with Gasteiger partial charge in [-0.05, 0) is 30.0 Å². The first-order valence-corrected chi connectivity index (χ1v) is 7.27. The number of methoxy groups -OCH3 is 1. The number of benzene rings is 1. The lowest BCUT2D eigenvalue weighted by Gasteiger charge is -2.13. The van der Waals surface area contributed by atoms with Crippen molar-refractivity contribution < 1.29 is 9.13 Å². The molecule has 22 heavy (non-hydrogen) atoms. The highest BCUT2D eigenvalue weighted by molar-refractivity contribution is 14.0. The Balaban J connectivity index is 0.00000441. The maximum absolute atomic E-state index is 13.5. The smallest absolute Gasteiger partial charge is 0.191 e. The molecule has 4 nitrogen and oxygen atoms in total. The summed E-state index contributed by atoms with van der Waals surface area (Å²) in [5.41, 5.74) is 1.56. The average Bonchev–Trinajstić information content (AvgIpc) is 2.45. The Morgan fingerprint density at radius 1 is 1.32 bits per heavy atom. The Hall–Kier alpha value is -0.890. The minimum Gasteiger partial charge on any atom is -0.380 e. The molecule has 126 valence electrons. The summed E-state index contributed by atoms with van der Waals surface area (Å²) in [6.07, 6.45) is 1.09. The lowest BCUT2D eigenvalue weighted by Crippen LogP contribution is -2.37. The predicted octanol–water partition coefficient (Wildman–Crippen LogP) is 3.30. The average molecular weight is 423 g/mol. The van der Waals surface area contributed by atoms with E-state index in [1.54, 1.807) is 20.2 Å². The second-order valence-corrected chi connectivity index (χ2v) is 5.39. The Bertz CT molecular complexity index is 467. The molecule has 0 unspecified atom stereocenters. The number of nitrogens with zero attached hydrogens (tertiary/aromatic N) is 1. The van der Waals surface area contributed by atoms with Gasteiger partial charge in [-0.25, -0.2) is 4.39 Å². The minimum absolute atomic E-state index is 0. The third-order valence-electron chi connectivity index (χ3n) is 3.11. The van der Waals surface area contributed by atoms with Gasteiger partial charge in [0.2, 0.25) is 0 Å². The Morgan fingerprint density at radius 3 is 2.64 bits per heavy atom. The fourth-order valence-corrected chi connectivity index (χ4v) is 1.89. The van der Waals surface area contributed by atoms with Crippen LogP contribution in [0.1, 0.15) is 31.4 Å². The highest BCUT2D eigenvalue weighted by atomic mass is 127. The van der Waals surface area contributed by atoms with Crippen molar-refractivity contribution in [2.75, 3.05) is 20.7 Å². The van der Waals surface area contributed by atoms with E-state index < -0.39 is 0 Å². The molecular weight excluding hydrogens is 396 g/mol. The number of rotatable bonds is 7. The minimum atomic E-state index is -0.236. The summed E-state index contributed by atoms with van der Waals surface area (Å²) in [7, 11) is 3.30. The molecule has 0 amide bonds. The van der Waals surface area contributed by atoms with Crippen LogP contribution in [-0.2, 0) is 17.9 Å². The van der Waals surface area contributed by atoms with Crippen molar-refractivity contribution in [3.05, 3.63) is 35.1 Å². The third-order valence-corrected chi connectivity index (χ3v) is 3.11.